The van der Waals surface area contributed by atoms with Crippen LogP contribution in [-0.2, 0) is 4.79 Å². The highest BCUT2D eigenvalue weighted by atomic mass is 79.9. The number of halogens is 1. The van der Waals surface area contributed by atoms with Crippen LogP contribution in [0.25, 0.3) is 0 Å². The lowest BCUT2D eigenvalue weighted by Crippen LogP contribution is -2.43. The second-order valence-electron chi connectivity index (χ2n) is 8.50. The van der Waals surface area contributed by atoms with Crippen LogP contribution >= 0.6 is 15.9 Å². The minimum absolute atomic E-state index is 0.395. The first-order valence-corrected chi connectivity index (χ1v) is 11.6. The number of rotatable bonds is 4. The minimum atomic E-state index is 0.395. The quantitative estimate of drug-likeness (QED) is 0.609. The molecule has 2 fully saturated rings. The Morgan fingerprint density at radius 3 is 2.38 bits per heavy atom. The van der Waals surface area contributed by atoms with Crippen LogP contribution in [0.4, 0.5) is 0 Å². The van der Waals surface area contributed by atoms with Gasteiger partial charge in [-0.05, 0) is 60.8 Å². The summed E-state index contributed by atoms with van der Waals surface area (Å²) in [5, 5.41) is 3.38. The van der Waals surface area contributed by atoms with Crippen LogP contribution in [0.5, 0.6) is 0 Å². The van der Waals surface area contributed by atoms with E-state index in [9.17, 15) is 4.79 Å². The molecule has 156 valence electrons. The Bertz CT molecular complexity index is 758. The molecule has 2 aromatic carbocycles. The fourth-order valence-corrected chi connectivity index (χ4v) is 5.16. The minimum Gasteiger partial charge on any atom is -0.342 e. The van der Waals surface area contributed by atoms with Crippen LogP contribution in [-0.4, -0.2) is 37.0 Å². The summed E-state index contributed by atoms with van der Waals surface area (Å²) < 4.78 is 1.25. The highest BCUT2D eigenvalue weighted by Crippen LogP contribution is 2.33. The fraction of sp³-hybridized carbons (Fsp3) is 0.480. The van der Waals surface area contributed by atoms with Crippen molar-refractivity contribution in [2.24, 2.45) is 5.92 Å². The lowest BCUT2D eigenvalue weighted by Gasteiger charge is -2.39. The van der Waals surface area contributed by atoms with Crippen LogP contribution in [0, 0.1) is 5.92 Å². The zero-order valence-corrected chi connectivity index (χ0v) is 19.1. The van der Waals surface area contributed by atoms with Gasteiger partial charge in [-0.3, -0.25) is 4.79 Å². The molecule has 0 spiro atoms. The first-order valence-electron chi connectivity index (χ1n) is 10.8. The Kier molecular flexibility index (Phi) is 8.31. The molecule has 0 radical (unpaired) electrons. The third-order valence-electron chi connectivity index (χ3n) is 6.27. The Morgan fingerprint density at radius 1 is 1.03 bits per heavy atom. The fourth-order valence-electron chi connectivity index (χ4n) is 4.56. The Labute approximate surface area is 184 Å². The molecule has 3 unspecified atom stereocenters. The van der Waals surface area contributed by atoms with Crippen molar-refractivity contribution in [2.45, 2.75) is 51.0 Å². The molecule has 0 bridgehead atoms. The number of nitrogens with zero attached hydrogens (tertiary/aromatic N) is 1. The van der Waals surface area contributed by atoms with Crippen molar-refractivity contribution in [1.82, 2.24) is 10.2 Å². The molecule has 3 atom stereocenters. The molecule has 2 aromatic rings. The lowest BCUT2D eigenvalue weighted by atomic mass is 9.82. The van der Waals surface area contributed by atoms with Crippen LogP contribution < -0.4 is 5.32 Å². The number of carbonyl (C=O) groups is 1. The largest absolute Gasteiger partial charge is 0.342 e. The van der Waals surface area contributed by atoms with Gasteiger partial charge >= 0.3 is 0 Å². The van der Waals surface area contributed by atoms with Gasteiger partial charge in [0.1, 0.15) is 0 Å². The number of piperidine rings is 1. The highest BCUT2D eigenvalue weighted by Gasteiger charge is 2.30. The van der Waals surface area contributed by atoms with Crippen LogP contribution in [0.15, 0.2) is 59.1 Å². The maximum absolute atomic E-state index is 11.0. The van der Waals surface area contributed by atoms with E-state index in [1.54, 1.807) is 0 Å². The van der Waals surface area contributed by atoms with Crippen molar-refractivity contribution in [3.63, 3.8) is 0 Å². The SMILES string of the molecule is Brc1ccccc1C1CCNC1.CC(C)C1CC(c2ccccc2)CCN1C=O. The molecule has 1 amide bonds. The standard InChI is InChI=1S/C15H21NO.C10H12BrN/c1-12(2)15-10-14(8-9-16(15)11-17)13-6-4-3-5-7-13;11-10-4-2-1-3-9(10)8-5-6-12-7-8/h3-7,11-12,14-15H,8-10H2,1-2H3;1-4,8,12H,5-7H2. The van der Waals surface area contributed by atoms with E-state index in [-0.39, 0.29) is 0 Å². The van der Waals surface area contributed by atoms with Gasteiger partial charge in [0.15, 0.2) is 0 Å². The highest BCUT2D eigenvalue weighted by molar-refractivity contribution is 9.10. The molecule has 0 aliphatic carbocycles. The molecule has 2 saturated heterocycles. The third kappa shape index (κ3) is 5.93. The summed E-state index contributed by atoms with van der Waals surface area (Å²) in [5.74, 6) is 1.85. The predicted molar refractivity (Wildman–Crippen MR) is 124 cm³/mol. The second-order valence-corrected chi connectivity index (χ2v) is 9.35. The van der Waals surface area contributed by atoms with Crippen molar-refractivity contribution >= 4 is 22.3 Å². The summed E-state index contributed by atoms with van der Waals surface area (Å²) in [6.07, 6.45) is 4.47. The van der Waals surface area contributed by atoms with Gasteiger partial charge in [0.25, 0.3) is 0 Å². The first-order chi connectivity index (χ1) is 14.1. The van der Waals surface area contributed by atoms with Crippen LogP contribution in [0.2, 0.25) is 0 Å². The average Bonchev–Trinajstić information content (AvgIpc) is 3.29. The number of likely N-dealkylation sites (tertiary alicyclic amines) is 1. The van der Waals surface area contributed by atoms with E-state index in [0.717, 1.165) is 38.9 Å². The molecule has 29 heavy (non-hydrogen) atoms. The zero-order valence-electron chi connectivity index (χ0n) is 17.6. The lowest BCUT2D eigenvalue weighted by molar-refractivity contribution is -0.122. The molecule has 2 aliphatic heterocycles. The number of carbonyl (C=O) groups excluding carboxylic acids is 1. The van der Waals surface area contributed by atoms with Gasteiger partial charge in [0.2, 0.25) is 6.41 Å². The van der Waals surface area contributed by atoms with Crippen molar-refractivity contribution in [3.8, 4) is 0 Å². The molecule has 4 rings (SSSR count). The van der Waals surface area contributed by atoms with E-state index >= 15 is 0 Å². The Hall–Kier alpha value is -1.65. The third-order valence-corrected chi connectivity index (χ3v) is 6.99. The van der Waals surface area contributed by atoms with Gasteiger partial charge in [0, 0.05) is 23.6 Å². The molecule has 0 aromatic heterocycles. The van der Waals surface area contributed by atoms with E-state index in [1.165, 1.54) is 22.0 Å². The summed E-state index contributed by atoms with van der Waals surface area (Å²) in [7, 11) is 0. The number of hydrogen-bond donors (Lipinski definition) is 1. The molecule has 2 aliphatic rings. The van der Waals surface area contributed by atoms with Crippen LogP contribution in [0.3, 0.4) is 0 Å². The van der Waals surface area contributed by atoms with Gasteiger partial charge in [0.05, 0.1) is 0 Å². The predicted octanol–water partition coefficient (Wildman–Crippen LogP) is 5.57. The molecular weight excluding hydrogens is 424 g/mol. The summed E-state index contributed by atoms with van der Waals surface area (Å²) in [5.41, 5.74) is 2.87. The summed E-state index contributed by atoms with van der Waals surface area (Å²) in [6, 6.07) is 19.6. The Morgan fingerprint density at radius 2 is 1.76 bits per heavy atom. The monoisotopic (exact) mass is 456 g/mol. The zero-order chi connectivity index (χ0) is 20.6. The van der Waals surface area contributed by atoms with E-state index in [4.69, 9.17) is 0 Å². The number of amides is 1. The molecule has 2 heterocycles. The maximum atomic E-state index is 11.0. The molecule has 4 heteroatoms. The van der Waals surface area contributed by atoms with E-state index in [0.29, 0.717) is 23.8 Å². The van der Waals surface area contributed by atoms with E-state index in [2.05, 4.69) is 89.7 Å². The molecular formula is C25H33BrN2O. The molecule has 0 saturated carbocycles. The maximum Gasteiger partial charge on any atom is 0.209 e. The normalized spacial score (nSPS) is 24.1. The van der Waals surface area contributed by atoms with Crippen LogP contribution in [0.1, 0.15) is 56.1 Å². The van der Waals surface area contributed by atoms with Gasteiger partial charge in [-0.2, -0.15) is 0 Å². The van der Waals surface area contributed by atoms with Crippen molar-refractivity contribution in [3.05, 3.63) is 70.2 Å². The molecule has 3 nitrogen and oxygen atoms in total. The summed E-state index contributed by atoms with van der Waals surface area (Å²) in [4.78, 5) is 13.0. The second kappa shape index (κ2) is 10.9. The van der Waals surface area contributed by atoms with Gasteiger partial charge < -0.3 is 10.2 Å². The van der Waals surface area contributed by atoms with Crippen molar-refractivity contribution < 1.29 is 4.79 Å². The smallest absolute Gasteiger partial charge is 0.209 e. The van der Waals surface area contributed by atoms with Gasteiger partial charge in [-0.25, -0.2) is 0 Å². The van der Waals surface area contributed by atoms with E-state index in [1.807, 2.05) is 4.90 Å². The summed E-state index contributed by atoms with van der Waals surface area (Å²) >= 11 is 3.58. The Balaban J connectivity index is 0.000000176. The van der Waals surface area contributed by atoms with Crippen molar-refractivity contribution in [1.29, 1.82) is 0 Å². The van der Waals surface area contributed by atoms with Gasteiger partial charge in [-0.1, -0.05) is 78.3 Å². The molecule has 1 N–H and O–H groups in total. The topological polar surface area (TPSA) is 32.3 Å². The summed E-state index contributed by atoms with van der Waals surface area (Å²) in [6.45, 7) is 7.59. The van der Waals surface area contributed by atoms with Gasteiger partial charge in [-0.15, -0.1) is 0 Å². The number of benzene rings is 2. The van der Waals surface area contributed by atoms with Crippen molar-refractivity contribution in [2.75, 3.05) is 19.6 Å². The first kappa shape index (κ1) is 22.0. The average molecular weight is 457 g/mol. The van der Waals surface area contributed by atoms with E-state index < -0.39 is 0 Å². The number of nitrogens with one attached hydrogen (secondary N) is 1. The number of hydrogen-bond acceptors (Lipinski definition) is 2.